The third-order valence-corrected chi connectivity index (χ3v) is 6.09. The number of ether oxygens (including phenoxy) is 1. The average molecular weight is 482 g/mol. The summed E-state index contributed by atoms with van der Waals surface area (Å²) in [6, 6.07) is 22.6. The van der Waals surface area contributed by atoms with Crippen molar-refractivity contribution in [1.29, 1.82) is 0 Å². The Hall–Kier alpha value is -4.46. The molecule has 3 heterocycles. The highest BCUT2D eigenvalue weighted by molar-refractivity contribution is 5.92. The van der Waals surface area contributed by atoms with E-state index in [0.717, 1.165) is 16.9 Å². The maximum absolute atomic E-state index is 13.4. The highest BCUT2D eigenvalue weighted by Crippen LogP contribution is 2.32. The van der Waals surface area contributed by atoms with Gasteiger partial charge in [0.25, 0.3) is 5.91 Å². The molecule has 1 atom stereocenters. The molecule has 8 heteroatoms. The van der Waals surface area contributed by atoms with Crippen LogP contribution in [0.4, 0.5) is 0 Å². The van der Waals surface area contributed by atoms with Gasteiger partial charge in [0.2, 0.25) is 5.91 Å². The third-order valence-electron chi connectivity index (χ3n) is 6.09. The predicted octanol–water partition coefficient (Wildman–Crippen LogP) is 3.26. The summed E-state index contributed by atoms with van der Waals surface area (Å²) >= 11 is 0. The van der Waals surface area contributed by atoms with Gasteiger partial charge in [0, 0.05) is 31.7 Å². The number of para-hydroxylation sites is 1. The molecular weight excluding hydrogens is 454 g/mol. The van der Waals surface area contributed by atoms with Crippen LogP contribution >= 0.6 is 0 Å². The molecule has 1 aliphatic rings. The van der Waals surface area contributed by atoms with Gasteiger partial charge in [-0.3, -0.25) is 14.6 Å². The molecule has 0 aliphatic carbocycles. The van der Waals surface area contributed by atoms with Crippen LogP contribution in [0, 0.1) is 0 Å². The Morgan fingerprint density at radius 3 is 2.50 bits per heavy atom. The molecule has 182 valence electrons. The van der Waals surface area contributed by atoms with Gasteiger partial charge in [-0.1, -0.05) is 54.6 Å². The van der Waals surface area contributed by atoms with E-state index in [0.29, 0.717) is 37.8 Å². The molecule has 2 aromatic carbocycles. The predicted molar refractivity (Wildman–Crippen MR) is 134 cm³/mol. The highest BCUT2D eigenvalue weighted by Gasteiger charge is 2.34. The molecule has 0 bridgehead atoms. The average Bonchev–Trinajstić information content (AvgIpc) is 3.37. The third kappa shape index (κ3) is 5.27. The minimum atomic E-state index is -0.382. The molecule has 2 aromatic heterocycles. The number of carbonyl (C=O) groups is 2. The van der Waals surface area contributed by atoms with Crippen molar-refractivity contribution in [3.8, 4) is 5.75 Å². The van der Waals surface area contributed by atoms with Crippen LogP contribution in [-0.4, -0.2) is 50.9 Å². The molecule has 0 saturated carbocycles. The number of pyridine rings is 1. The molecular formula is C28H27N5O3. The minimum Gasteiger partial charge on any atom is -0.492 e. The maximum Gasteiger partial charge on any atom is 0.271 e. The largest absolute Gasteiger partial charge is 0.492 e. The fraction of sp³-hybridized carbons (Fsp3) is 0.214. The molecule has 5 rings (SSSR count). The number of rotatable bonds is 8. The fourth-order valence-corrected chi connectivity index (χ4v) is 4.37. The Labute approximate surface area is 209 Å². The van der Waals surface area contributed by atoms with Crippen LogP contribution < -0.4 is 10.1 Å². The number of amides is 2. The molecule has 36 heavy (non-hydrogen) atoms. The van der Waals surface area contributed by atoms with Crippen molar-refractivity contribution in [2.24, 2.45) is 0 Å². The van der Waals surface area contributed by atoms with Crippen LogP contribution in [-0.2, 0) is 17.8 Å². The number of aromatic nitrogens is 3. The molecule has 2 amide bonds. The van der Waals surface area contributed by atoms with E-state index in [1.165, 1.54) is 0 Å². The van der Waals surface area contributed by atoms with E-state index in [-0.39, 0.29) is 24.3 Å². The van der Waals surface area contributed by atoms with Gasteiger partial charge in [0.15, 0.2) is 0 Å². The van der Waals surface area contributed by atoms with Crippen molar-refractivity contribution in [3.63, 3.8) is 0 Å². The van der Waals surface area contributed by atoms with Crippen molar-refractivity contribution < 1.29 is 14.3 Å². The van der Waals surface area contributed by atoms with Crippen LogP contribution in [0.1, 0.15) is 33.5 Å². The van der Waals surface area contributed by atoms with Crippen molar-refractivity contribution in [1.82, 2.24) is 24.8 Å². The van der Waals surface area contributed by atoms with Crippen molar-refractivity contribution >= 4 is 11.8 Å². The van der Waals surface area contributed by atoms with Crippen LogP contribution in [0.5, 0.6) is 5.75 Å². The van der Waals surface area contributed by atoms with Crippen molar-refractivity contribution in [3.05, 3.63) is 114 Å². The number of hydrogen-bond acceptors (Lipinski definition) is 5. The summed E-state index contributed by atoms with van der Waals surface area (Å²) in [7, 11) is 0. The Morgan fingerprint density at radius 2 is 1.75 bits per heavy atom. The van der Waals surface area contributed by atoms with Gasteiger partial charge in [-0.25, -0.2) is 4.98 Å². The summed E-state index contributed by atoms with van der Waals surface area (Å²) < 4.78 is 7.62. The number of nitrogens with one attached hydrogen (secondary N) is 1. The number of fused-ring (bicyclic) bond motifs is 1. The summed E-state index contributed by atoms with van der Waals surface area (Å²) in [4.78, 5) is 36.9. The Balaban J connectivity index is 1.32. The Bertz CT molecular complexity index is 1310. The zero-order valence-electron chi connectivity index (χ0n) is 19.8. The van der Waals surface area contributed by atoms with E-state index in [1.807, 2.05) is 82.3 Å². The van der Waals surface area contributed by atoms with E-state index < -0.39 is 0 Å². The second kappa shape index (κ2) is 10.9. The lowest BCUT2D eigenvalue weighted by Crippen LogP contribution is -2.43. The molecule has 1 aliphatic heterocycles. The summed E-state index contributed by atoms with van der Waals surface area (Å²) in [6.07, 6.45) is 5.43. The van der Waals surface area contributed by atoms with Crippen LogP contribution in [0.3, 0.4) is 0 Å². The number of imidazole rings is 1. The first-order valence-electron chi connectivity index (χ1n) is 12.0. The Kier molecular flexibility index (Phi) is 7.02. The zero-order chi connectivity index (χ0) is 24.7. The molecule has 8 nitrogen and oxygen atoms in total. The lowest BCUT2D eigenvalue weighted by molar-refractivity contribution is -0.133. The summed E-state index contributed by atoms with van der Waals surface area (Å²) in [5.74, 6) is 1.16. The van der Waals surface area contributed by atoms with Gasteiger partial charge < -0.3 is 19.5 Å². The first kappa shape index (κ1) is 23.3. The standard InChI is InChI=1S/C28H27N5O3/c34-25(18-21-8-7-13-29-19-21)33-16-15-32-20-24(31-27(32)26(33)22-9-3-1-4-10-22)28(35)30-14-17-36-23-11-5-2-6-12-23/h1-13,19-20,26H,14-18H2,(H,30,35). The van der Waals surface area contributed by atoms with Crippen LogP contribution in [0.15, 0.2) is 91.4 Å². The van der Waals surface area contributed by atoms with Gasteiger partial charge in [-0.2, -0.15) is 0 Å². The van der Waals surface area contributed by atoms with Gasteiger partial charge in [0.1, 0.15) is 29.9 Å². The Morgan fingerprint density at radius 1 is 0.972 bits per heavy atom. The monoisotopic (exact) mass is 481 g/mol. The fourth-order valence-electron chi connectivity index (χ4n) is 4.37. The molecule has 1 N–H and O–H groups in total. The molecule has 0 fully saturated rings. The SMILES string of the molecule is O=C(NCCOc1ccccc1)c1cn2c(n1)C(c1ccccc1)N(C(=O)Cc1cccnc1)CC2. The molecule has 0 spiro atoms. The molecule has 0 radical (unpaired) electrons. The summed E-state index contributed by atoms with van der Waals surface area (Å²) in [6.45, 7) is 1.79. The zero-order valence-corrected chi connectivity index (χ0v) is 19.8. The maximum atomic E-state index is 13.4. The second-order valence-electron chi connectivity index (χ2n) is 8.53. The smallest absolute Gasteiger partial charge is 0.271 e. The summed E-state index contributed by atoms with van der Waals surface area (Å²) in [5.41, 5.74) is 2.14. The summed E-state index contributed by atoms with van der Waals surface area (Å²) in [5, 5.41) is 2.87. The van der Waals surface area contributed by atoms with Crippen LogP contribution in [0.25, 0.3) is 0 Å². The topological polar surface area (TPSA) is 89.4 Å². The normalized spacial score (nSPS) is 14.7. The van der Waals surface area contributed by atoms with Gasteiger partial charge >= 0.3 is 0 Å². The van der Waals surface area contributed by atoms with E-state index >= 15 is 0 Å². The van der Waals surface area contributed by atoms with Crippen molar-refractivity contribution in [2.45, 2.75) is 19.0 Å². The molecule has 0 saturated heterocycles. The minimum absolute atomic E-state index is 0.00448. The lowest BCUT2D eigenvalue weighted by Gasteiger charge is -2.36. The van der Waals surface area contributed by atoms with E-state index in [4.69, 9.17) is 4.74 Å². The number of benzene rings is 2. The number of nitrogens with zero attached hydrogens (tertiary/aromatic N) is 4. The van der Waals surface area contributed by atoms with E-state index in [2.05, 4.69) is 15.3 Å². The number of carbonyl (C=O) groups excluding carboxylic acids is 2. The van der Waals surface area contributed by atoms with Crippen molar-refractivity contribution in [2.75, 3.05) is 19.7 Å². The first-order chi connectivity index (χ1) is 17.7. The lowest BCUT2D eigenvalue weighted by atomic mass is 10.0. The molecule has 4 aromatic rings. The quantitative estimate of drug-likeness (QED) is 0.390. The van der Waals surface area contributed by atoms with E-state index in [9.17, 15) is 9.59 Å². The molecule has 1 unspecified atom stereocenters. The van der Waals surface area contributed by atoms with Gasteiger partial charge in [-0.15, -0.1) is 0 Å². The number of hydrogen-bond donors (Lipinski definition) is 1. The van der Waals surface area contributed by atoms with Gasteiger partial charge in [0.05, 0.1) is 13.0 Å². The van der Waals surface area contributed by atoms with Crippen LogP contribution in [0.2, 0.25) is 0 Å². The second-order valence-corrected chi connectivity index (χ2v) is 8.53. The van der Waals surface area contributed by atoms with E-state index in [1.54, 1.807) is 18.6 Å². The van der Waals surface area contributed by atoms with Gasteiger partial charge in [-0.05, 0) is 29.3 Å². The highest BCUT2D eigenvalue weighted by atomic mass is 16.5. The first-order valence-corrected chi connectivity index (χ1v) is 12.0.